The molecule has 0 bridgehead atoms. The predicted octanol–water partition coefficient (Wildman–Crippen LogP) is -0.360. The molecule has 0 saturated carbocycles. The van der Waals surface area contributed by atoms with Crippen molar-refractivity contribution in [2.24, 2.45) is 16.6 Å². The minimum atomic E-state index is 0.319. The van der Waals surface area contributed by atoms with E-state index in [-0.39, 0.29) is 0 Å². The third kappa shape index (κ3) is 4.43. The van der Waals surface area contributed by atoms with E-state index in [1.807, 2.05) is 0 Å². The fraction of sp³-hybridized carbons (Fsp3) is 0.889. The zero-order chi connectivity index (χ0) is 10.2. The van der Waals surface area contributed by atoms with E-state index in [0.29, 0.717) is 5.96 Å². The first-order valence-corrected chi connectivity index (χ1v) is 5.32. The number of guanidine groups is 1. The fourth-order valence-corrected chi connectivity index (χ4v) is 1.72. The highest BCUT2D eigenvalue weighted by molar-refractivity contribution is 5.77. The van der Waals surface area contributed by atoms with Crippen LogP contribution in [0.5, 0.6) is 0 Å². The first-order chi connectivity index (χ1) is 6.83. The zero-order valence-electron chi connectivity index (χ0n) is 8.71. The number of likely N-dealkylation sites (tertiary alicyclic amines) is 1. The summed E-state index contributed by atoms with van der Waals surface area (Å²) in [5, 5.41) is 0. The standard InChI is InChI=1S/C9H21N5/c10-9(13-11)12-5-8-14-6-3-1-2-4-7-14/h1-8,11H2,(H3,10,12,13). The Hall–Kier alpha value is -0.810. The SMILES string of the molecule is NNC(N)=NCCN1CCCCCC1. The second kappa shape index (κ2) is 6.62. The van der Waals surface area contributed by atoms with Gasteiger partial charge in [-0.2, -0.15) is 0 Å². The maximum Gasteiger partial charge on any atom is 0.203 e. The molecular weight excluding hydrogens is 178 g/mol. The molecule has 0 aromatic carbocycles. The Morgan fingerprint density at radius 2 is 1.86 bits per heavy atom. The lowest BCUT2D eigenvalue weighted by atomic mass is 10.2. The van der Waals surface area contributed by atoms with Crippen molar-refractivity contribution >= 4 is 5.96 Å². The van der Waals surface area contributed by atoms with Gasteiger partial charge >= 0.3 is 0 Å². The van der Waals surface area contributed by atoms with Crippen LogP contribution in [0.25, 0.3) is 0 Å². The summed E-state index contributed by atoms with van der Waals surface area (Å²) in [4.78, 5) is 6.53. The largest absolute Gasteiger partial charge is 0.369 e. The van der Waals surface area contributed by atoms with Crippen molar-refractivity contribution in [1.82, 2.24) is 10.3 Å². The molecule has 82 valence electrons. The highest BCUT2D eigenvalue weighted by Gasteiger charge is 2.07. The third-order valence-electron chi connectivity index (χ3n) is 2.54. The molecule has 1 rings (SSSR count). The molecule has 0 radical (unpaired) electrons. The fourth-order valence-electron chi connectivity index (χ4n) is 1.72. The molecule has 1 saturated heterocycles. The molecule has 0 aromatic rings. The van der Waals surface area contributed by atoms with E-state index < -0.39 is 0 Å². The van der Waals surface area contributed by atoms with Crippen LogP contribution in [0.2, 0.25) is 0 Å². The Morgan fingerprint density at radius 1 is 1.21 bits per heavy atom. The summed E-state index contributed by atoms with van der Waals surface area (Å²) >= 11 is 0. The van der Waals surface area contributed by atoms with Gasteiger partial charge in [-0.25, -0.2) is 5.84 Å². The molecule has 0 aliphatic carbocycles. The summed E-state index contributed by atoms with van der Waals surface area (Å²) in [6.07, 6.45) is 5.36. The van der Waals surface area contributed by atoms with Crippen molar-refractivity contribution in [2.75, 3.05) is 26.2 Å². The highest BCUT2D eigenvalue weighted by Crippen LogP contribution is 2.08. The van der Waals surface area contributed by atoms with Crippen molar-refractivity contribution in [3.8, 4) is 0 Å². The summed E-state index contributed by atoms with van der Waals surface area (Å²) in [6, 6.07) is 0. The van der Waals surface area contributed by atoms with Crippen LogP contribution in [0.3, 0.4) is 0 Å². The van der Waals surface area contributed by atoms with Crippen molar-refractivity contribution in [2.45, 2.75) is 25.7 Å². The van der Waals surface area contributed by atoms with Gasteiger partial charge < -0.3 is 10.6 Å². The third-order valence-corrected chi connectivity index (χ3v) is 2.54. The molecule has 0 amide bonds. The first kappa shape index (κ1) is 11.3. The van der Waals surface area contributed by atoms with Gasteiger partial charge in [-0.1, -0.05) is 12.8 Å². The lowest BCUT2D eigenvalue weighted by Gasteiger charge is -2.18. The number of nitrogens with zero attached hydrogens (tertiary/aromatic N) is 2. The number of hydrazine groups is 1. The average molecular weight is 199 g/mol. The molecule has 0 unspecified atom stereocenters. The first-order valence-electron chi connectivity index (χ1n) is 5.32. The van der Waals surface area contributed by atoms with E-state index in [9.17, 15) is 0 Å². The molecule has 14 heavy (non-hydrogen) atoms. The molecule has 1 fully saturated rings. The summed E-state index contributed by atoms with van der Waals surface area (Å²) in [5.41, 5.74) is 7.74. The second-order valence-electron chi connectivity index (χ2n) is 3.67. The van der Waals surface area contributed by atoms with Gasteiger partial charge in [-0.3, -0.25) is 10.4 Å². The van der Waals surface area contributed by atoms with Crippen LogP contribution in [-0.2, 0) is 0 Å². The second-order valence-corrected chi connectivity index (χ2v) is 3.67. The van der Waals surface area contributed by atoms with Crippen molar-refractivity contribution in [3.63, 3.8) is 0 Å². The molecule has 5 nitrogen and oxygen atoms in total. The Morgan fingerprint density at radius 3 is 2.43 bits per heavy atom. The number of aliphatic imine (C=N–C) groups is 1. The molecule has 0 spiro atoms. The van der Waals surface area contributed by atoms with Gasteiger partial charge in [-0.05, 0) is 25.9 Å². The van der Waals surface area contributed by atoms with Crippen LogP contribution in [-0.4, -0.2) is 37.0 Å². The van der Waals surface area contributed by atoms with Crippen molar-refractivity contribution < 1.29 is 0 Å². The van der Waals surface area contributed by atoms with Gasteiger partial charge in [0.2, 0.25) is 5.96 Å². The van der Waals surface area contributed by atoms with E-state index >= 15 is 0 Å². The molecule has 1 heterocycles. The lowest BCUT2D eigenvalue weighted by Crippen LogP contribution is -2.38. The monoisotopic (exact) mass is 199 g/mol. The molecular formula is C9H21N5. The zero-order valence-corrected chi connectivity index (χ0v) is 8.71. The van der Waals surface area contributed by atoms with Gasteiger partial charge in [-0.15, -0.1) is 0 Å². The Balaban J connectivity index is 2.16. The summed E-state index contributed by atoms with van der Waals surface area (Å²) in [5.74, 6) is 5.42. The van der Waals surface area contributed by atoms with Crippen LogP contribution in [0.1, 0.15) is 25.7 Å². The van der Waals surface area contributed by atoms with Crippen LogP contribution in [0.4, 0.5) is 0 Å². The van der Waals surface area contributed by atoms with E-state index in [2.05, 4.69) is 15.3 Å². The molecule has 1 aliphatic heterocycles. The highest BCUT2D eigenvalue weighted by atomic mass is 15.3. The van der Waals surface area contributed by atoms with E-state index in [1.54, 1.807) is 0 Å². The van der Waals surface area contributed by atoms with Gasteiger partial charge in [0, 0.05) is 6.54 Å². The van der Waals surface area contributed by atoms with Gasteiger partial charge in [0.05, 0.1) is 6.54 Å². The normalized spacial score (nSPS) is 20.5. The van der Waals surface area contributed by atoms with Crippen LogP contribution >= 0.6 is 0 Å². The Labute approximate surface area is 85.5 Å². The molecule has 0 aromatic heterocycles. The molecule has 0 atom stereocenters. The van der Waals surface area contributed by atoms with E-state index in [0.717, 1.165) is 13.1 Å². The van der Waals surface area contributed by atoms with Crippen LogP contribution in [0, 0.1) is 0 Å². The number of hydrogen-bond donors (Lipinski definition) is 3. The number of hydrogen-bond acceptors (Lipinski definition) is 3. The van der Waals surface area contributed by atoms with E-state index in [1.165, 1.54) is 38.8 Å². The van der Waals surface area contributed by atoms with Crippen LogP contribution in [0.15, 0.2) is 4.99 Å². The number of nitrogens with two attached hydrogens (primary N) is 2. The van der Waals surface area contributed by atoms with Crippen molar-refractivity contribution in [3.05, 3.63) is 0 Å². The summed E-state index contributed by atoms with van der Waals surface area (Å²) in [6.45, 7) is 4.12. The van der Waals surface area contributed by atoms with Gasteiger partial charge in [0.15, 0.2) is 0 Å². The minimum absolute atomic E-state index is 0.319. The Kier molecular flexibility index (Phi) is 5.32. The van der Waals surface area contributed by atoms with Gasteiger partial charge in [0.25, 0.3) is 0 Å². The maximum atomic E-state index is 5.41. The van der Waals surface area contributed by atoms with Crippen LogP contribution < -0.4 is 17.0 Å². The number of rotatable bonds is 3. The topological polar surface area (TPSA) is 79.7 Å². The average Bonchev–Trinajstić information content (AvgIpc) is 2.46. The number of nitrogens with one attached hydrogen (secondary N) is 1. The van der Waals surface area contributed by atoms with Crippen molar-refractivity contribution in [1.29, 1.82) is 0 Å². The smallest absolute Gasteiger partial charge is 0.203 e. The molecule has 5 N–H and O–H groups in total. The quantitative estimate of drug-likeness (QED) is 0.251. The Bertz CT molecular complexity index is 172. The molecule has 1 aliphatic rings. The van der Waals surface area contributed by atoms with Gasteiger partial charge in [0.1, 0.15) is 0 Å². The predicted molar refractivity (Wildman–Crippen MR) is 58.7 cm³/mol. The van der Waals surface area contributed by atoms with E-state index in [4.69, 9.17) is 11.6 Å². The maximum absolute atomic E-state index is 5.41. The summed E-state index contributed by atoms with van der Waals surface area (Å²) in [7, 11) is 0. The lowest BCUT2D eigenvalue weighted by molar-refractivity contribution is 0.293. The molecule has 5 heteroatoms. The summed E-state index contributed by atoms with van der Waals surface area (Å²) < 4.78 is 0. The minimum Gasteiger partial charge on any atom is -0.369 e.